The molecular formula is C21H28N6O4S. The highest BCUT2D eigenvalue weighted by atomic mass is 32.2. The lowest BCUT2D eigenvalue weighted by Gasteiger charge is -2.26. The second kappa shape index (κ2) is 9.29. The Labute approximate surface area is 186 Å². The van der Waals surface area contributed by atoms with Crippen molar-refractivity contribution in [3.05, 3.63) is 30.1 Å². The molecule has 3 aromatic rings. The van der Waals surface area contributed by atoms with E-state index in [0.29, 0.717) is 30.8 Å². The molecule has 1 aliphatic heterocycles. The molecule has 0 spiro atoms. The predicted octanol–water partition coefficient (Wildman–Crippen LogP) is 1.58. The summed E-state index contributed by atoms with van der Waals surface area (Å²) in [5, 5.41) is 6.89. The lowest BCUT2D eigenvalue weighted by molar-refractivity contribution is 0.141. The van der Waals surface area contributed by atoms with E-state index >= 15 is 0 Å². The average molecular weight is 461 g/mol. The number of amides is 1. The molecule has 0 atom stereocenters. The molecular weight excluding hydrogens is 432 g/mol. The van der Waals surface area contributed by atoms with E-state index in [4.69, 9.17) is 15.5 Å². The van der Waals surface area contributed by atoms with E-state index in [2.05, 4.69) is 20.2 Å². The van der Waals surface area contributed by atoms with Crippen molar-refractivity contribution in [3.63, 3.8) is 0 Å². The van der Waals surface area contributed by atoms with E-state index in [0.717, 1.165) is 35.2 Å². The molecule has 3 heterocycles. The molecule has 0 radical (unpaired) electrons. The Bertz CT molecular complexity index is 1230. The number of carbonyl (C=O) groups is 1. The Hall–Kier alpha value is -2.92. The third kappa shape index (κ3) is 4.78. The molecule has 0 saturated carbocycles. The van der Waals surface area contributed by atoms with Gasteiger partial charge >= 0.3 is 6.09 Å². The molecule has 11 heteroatoms. The van der Waals surface area contributed by atoms with Crippen molar-refractivity contribution in [2.75, 3.05) is 30.4 Å². The predicted molar refractivity (Wildman–Crippen MR) is 123 cm³/mol. The van der Waals surface area contributed by atoms with Crippen LogP contribution in [0.4, 0.5) is 10.6 Å². The van der Waals surface area contributed by atoms with Crippen LogP contribution in [-0.2, 0) is 27.7 Å². The summed E-state index contributed by atoms with van der Waals surface area (Å²) in [4.78, 5) is 21.1. The highest BCUT2D eigenvalue weighted by Crippen LogP contribution is 2.29. The van der Waals surface area contributed by atoms with Crippen LogP contribution in [-0.4, -0.2) is 59.7 Å². The number of imidazole rings is 1. The van der Waals surface area contributed by atoms with Gasteiger partial charge in [0.2, 0.25) is 0 Å². The maximum atomic E-state index is 11.8. The van der Waals surface area contributed by atoms with Crippen molar-refractivity contribution in [3.8, 4) is 0 Å². The Kier molecular flexibility index (Phi) is 6.47. The summed E-state index contributed by atoms with van der Waals surface area (Å²) >= 11 is 0. The third-order valence-electron chi connectivity index (χ3n) is 5.46. The number of para-hydroxylation sites is 1. The van der Waals surface area contributed by atoms with Crippen LogP contribution in [0.25, 0.3) is 21.9 Å². The Morgan fingerprint density at radius 3 is 2.78 bits per heavy atom. The number of benzene rings is 1. The number of anilines is 1. The number of aromatic nitrogens is 3. The number of sulfone groups is 1. The second-order valence-corrected chi connectivity index (χ2v) is 10.1. The minimum absolute atomic E-state index is 0.0175. The van der Waals surface area contributed by atoms with E-state index in [-0.39, 0.29) is 24.2 Å². The number of unbranched alkanes of at least 4 members (excludes halogenated alkanes) is 1. The number of carbonyl (C=O) groups excluding carboxylic acids is 1. The van der Waals surface area contributed by atoms with E-state index in [1.165, 1.54) is 0 Å². The zero-order valence-electron chi connectivity index (χ0n) is 18.0. The van der Waals surface area contributed by atoms with E-state index < -0.39 is 15.9 Å². The van der Waals surface area contributed by atoms with Gasteiger partial charge in [0.05, 0.1) is 41.7 Å². The fourth-order valence-electron chi connectivity index (χ4n) is 3.91. The molecule has 0 bridgehead atoms. The fourth-order valence-corrected chi connectivity index (χ4v) is 5.21. The molecule has 1 fully saturated rings. The zero-order chi connectivity index (χ0) is 22.7. The second-order valence-electron chi connectivity index (χ2n) is 7.93. The minimum Gasteiger partial charge on any atom is -0.450 e. The van der Waals surface area contributed by atoms with Gasteiger partial charge in [-0.25, -0.2) is 23.2 Å². The van der Waals surface area contributed by atoms with Crippen molar-refractivity contribution < 1.29 is 17.9 Å². The first kappa shape index (κ1) is 22.3. The summed E-state index contributed by atoms with van der Waals surface area (Å²) in [6.45, 7) is 4.42. The lowest BCUT2D eigenvalue weighted by Crippen LogP contribution is -2.53. The highest BCUT2D eigenvalue weighted by Gasteiger charge is 2.34. The number of nitrogens with one attached hydrogen (secondary N) is 2. The standard InChI is InChI=1S/C21H28N6O4S/c1-2-23-11-17-26-18-19(15-7-3-4-8-16(15)25-20(18)22)27(17)9-5-6-10-31-21(28)24-14-12-32(29,30)13-14/h3-4,7-8,14,23H,2,5-6,9-13H2,1H3,(H2,22,25)(H,24,28). The van der Waals surface area contributed by atoms with Gasteiger partial charge in [0, 0.05) is 11.9 Å². The highest BCUT2D eigenvalue weighted by molar-refractivity contribution is 7.92. The van der Waals surface area contributed by atoms with Gasteiger partial charge in [0.1, 0.15) is 11.3 Å². The first-order valence-electron chi connectivity index (χ1n) is 10.8. The summed E-state index contributed by atoms with van der Waals surface area (Å²) in [6, 6.07) is 7.52. The van der Waals surface area contributed by atoms with Crippen LogP contribution in [0, 0.1) is 0 Å². The van der Waals surface area contributed by atoms with Crippen LogP contribution in [0.1, 0.15) is 25.6 Å². The van der Waals surface area contributed by atoms with E-state index in [9.17, 15) is 13.2 Å². The fraction of sp³-hybridized carbons (Fsp3) is 0.476. The largest absolute Gasteiger partial charge is 0.450 e. The van der Waals surface area contributed by atoms with Crippen molar-refractivity contribution in [1.29, 1.82) is 0 Å². The van der Waals surface area contributed by atoms with Gasteiger partial charge in [-0.15, -0.1) is 0 Å². The monoisotopic (exact) mass is 460 g/mol. The van der Waals surface area contributed by atoms with Crippen molar-refractivity contribution >= 4 is 43.7 Å². The van der Waals surface area contributed by atoms with Gasteiger partial charge in [-0.05, 0) is 25.5 Å². The van der Waals surface area contributed by atoms with Crippen LogP contribution < -0.4 is 16.4 Å². The molecule has 4 rings (SSSR count). The number of ether oxygens (including phenoxy) is 1. The molecule has 2 aromatic heterocycles. The molecule has 1 amide bonds. The summed E-state index contributed by atoms with van der Waals surface area (Å²) in [6.07, 6.45) is 0.859. The normalized spacial score (nSPS) is 15.7. The van der Waals surface area contributed by atoms with Crippen LogP contribution >= 0.6 is 0 Å². The number of nitrogen functional groups attached to an aromatic ring is 1. The van der Waals surface area contributed by atoms with Crippen molar-refractivity contribution in [2.45, 2.75) is 38.9 Å². The molecule has 1 aliphatic rings. The number of nitrogens with two attached hydrogens (primary N) is 1. The van der Waals surface area contributed by atoms with Gasteiger partial charge in [0.25, 0.3) is 0 Å². The first-order chi connectivity index (χ1) is 15.4. The summed E-state index contributed by atoms with van der Waals surface area (Å²) in [7, 11) is -2.98. The summed E-state index contributed by atoms with van der Waals surface area (Å²) in [5.74, 6) is 1.26. The van der Waals surface area contributed by atoms with Crippen LogP contribution in [0.15, 0.2) is 24.3 Å². The molecule has 172 valence electrons. The number of fused-ring (bicyclic) bond motifs is 3. The topological polar surface area (TPSA) is 141 Å². The maximum absolute atomic E-state index is 11.8. The maximum Gasteiger partial charge on any atom is 0.407 e. The van der Waals surface area contributed by atoms with Crippen LogP contribution in [0.3, 0.4) is 0 Å². The number of hydrogen-bond donors (Lipinski definition) is 3. The SMILES string of the molecule is CCNCc1nc2c(N)nc3ccccc3c2n1CCCCOC(=O)NC1CS(=O)(=O)C1. The molecule has 32 heavy (non-hydrogen) atoms. The molecule has 10 nitrogen and oxygen atoms in total. The minimum atomic E-state index is -2.98. The van der Waals surface area contributed by atoms with Gasteiger partial charge in [-0.1, -0.05) is 25.1 Å². The molecule has 4 N–H and O–H groups in total. The van der Waals surface area contributed by atoms with Crippen molar-refractivity contribution in [1.82, 2.24) is 25.2 Å². The van der Waals surface area contributed by atoms with Crippen LogP contribution in [0.5, 0.6) is 0 Å². The van der Waals surface area contributed by atoms with Crippen molar-refractivity contribution in [2.24, 2.45) is 0 Å². The number of pyridine rings is 1. The molecule has 0 aliphatic carbocycles. The lowest BCUT2D eigenvalue weighted by atomic mass is 10.2. The van der Waals surface area contributed by atoms with E-state index in [1.807, 2.05) is 31.2 Å². The quantitative estimate of drug-likeness (QED) is 0.409. The smallest absolute Gasteiger partial charge is 0.407 e. The van der Waals surface area contributed by atoms with Crippen LogP contribution in [0.2, 0.25) is 0 Å². The zero-order valence-corrected chi connectivity index (χ0v) is 18.8. The number of aryl methyl sites for hydroxylation is 1. The molecule has 1 saturated heterocycles. The van der Waals surface area contributed by atoms with Gasteiger partial charge in [-0.2, -0.15) is 0 Å². The number of hydrogen-bond acceptors (Lipinski definition) is 8. The number of nitrogens with zero attached hydrogens (tertiary/aromatic N) is 3. The average Bonchev–Trinajstić information content (AvgIpc) is 3.10. The number of alkyl carbamates (subject to hydrolysis) is 1. The summed E-state index contributed by atoms with van der Waals surface area (Å²) in [5.41, 5.74) is 8.69. The van der Waals surface area contributed by atoms with E-state index in [1.54, 1.807) is 0 Å². The van der Waals surface area contributed by atoms with Gasteiger partial charge in [0.15, 0.2) is 15.7 Å². The van der Waals surface area contributed by atoms with Gasteiger partial charge < -0.3 is 25.7 Å². The molecule has 1 aromatic carbocycles. The molecule has 0 unspecified atom stereocenters. The Balaban J connectivity index is 1.42. The third-order valence-corrected chi connectivity index (χ3v) is 7.28. The van der Waals surface area contributed by atoms with Gasteiger partial charge in [-0.3, -0.25) is 0 Å². The summed E-state index contributed by atoms with van der Waals surface area (Å²) < 4.78 is 29.7. The first-order valence-corrected chi connectivity index (χ1v) is 12.6. The number of rotatable bonds is 9. The Morgan fingerprint density at radius 2 is 2.03 bits per heavy atom. The Morgan fingerprint density at radius 1 is 1.25 bits per heavy atom.